The molecule has 16 heavy (non-hydrogen) atoms. The SMILES string of the molecule is Nc1ncccc1OCCC1CCCCC1. The Hall–Kier alpha value is -1.25. The van der Waals surface area contributed by atoms with Crippen LogP contribution in [-0.4, -0.2) is 11.6 Å². The lowest BCUT2D eigenvalue weighted by Crippen LogP contribution is -2.11. The fourth-order valence-electron chi connectivity index (χ4n) is 2.34. The molecule has 1 aliphatic carbocycles. The van der Waals surface area contributed by atoms with Crippen molar-refractivity contribution < 1.29 is 4.74 Å². The lowest BCUT2D eigenvalue weighted by molar-refractivity contribution is 0.246. The zero-order chi connectivity index (χ0) is 11.2. The number of ether oxygens (including phenoxy) is 1. The fraction of sp³-hybridized carbons (Fsp3) is 0.615. The Morgan fingerprint density at radius 1 is 1.31 bits per heavy atom. The molecule has 0 saturated heterocycles. The molecule has 0 aliphatic heterocycles. The number of nitrogens with two attached hydrogens (primary N) is 1. The summed E-state index contributed by atoms with van der Waals surface area (Å²) in [5, 5.41) is 0. The lowest BCUT2D eigenvalue weighted by Gasteiger charge is -2.21. The smallest absolute Gasteiger partial charge is 0.166 e. The van der Waals surface area contributed by atoms with Crippen molar-refractivity contribution in [1.29, 1.82) is 0 Å². The predicted octanol–water partition coefficient (Wildman–Crippen LogP) is 3.01. The first-order valence-corrected chi connectivity index (χ1v) is 6.19. The second kappa shape index (κ2) is 5.73. The Kier molecular flexibility index (Phi) is 4.03. The van der Waals surface area contributed by atoms with Gasteiger partial charge in [0.1, 0.15) is 0 Å². The summed E-state index contributed by atoms with van der Waals surface area (Å²) >= 11 is 0. The second-order valence-electron chi connectivity index (χ2n) is 4.53. The van der Waals surface area contributed by atoms with E-state index in [1.165, 1.54) is 32.1 Å². The third-order valence-corrected chi connectivity index (χ3v) is 3.31. The van der Waals surface area contributed by atoms with Crippen molar-refractivity contribution in [2.75, 3.05) is 12.3 Å². The van der Waals surface area contributed by atoms with Crippen LogP contribution >= 0.6 is 0 Å². The summed E-state index contributed by atoms with van der Waals surface area (Å²) in [6.45, 7) is 0.764. The summed E-state index contributed by atoms with van der Waals surface area (Å²) in [7, 11) is 0. The van der Waals surface area contributed by atoms with E-state index in [2.05, 4.69) is 4.98 Å². The van der Waals surface area contributed by atoms with Gasteiger partial charge < -0.3 is 10.5 Å². The molecule has 1 heterocycles. The number of hydrogen-bond donors (Lipinski definition) is 1. The third kappa shape index (κ3) is 3.12. The van der Waals surface area contributed by atoms with Gasteiger partial charge in [-0.3, -0.25) is 0 Å². The Bertz CT molecular complexity index is 321. The molecule has 0 unspecified atom stereocenters. The highest BCUT2D eigenvalue weighted by Crippen LogP contribution is 2.26. The van der Waals surface area contributed by atoms with Gasteiger partial charge in [0.2, 0.25) is 0 Å². The minimum atomic E-state index is 0.492. The minimum absolute atomic E-state index is 0.492. The van der Waals surface area contributed by atoms with Gasteiger partial charge in [-0.1, -0.05) is 32.1 Å². The van der Waals surface area contributed by atoms with Crippen LogP contribution in [0.5, 0.6) is 5.75 Å². The summed E-state index contributed by atoms with van der Waals surface area (Å²) in [4.78, 5) is 4.00. The van der Waals surface area contributed by atoms with E-state index in [1.54, 1.807) is 6.20 Å². The maximum atomic E-state index is 5.70. The molecular weight excluding hydrogens is 200 g/mol. The summed E-state index contributed by atoms with van der Waals surface area (Å²) in [5.41, 5.74) is 5.70. The molecule has 0 bridgehead atoms. The van der Waals surface area contributed by atoms with Gasteiger partial charge in [-0.15, -0.1) is 0 Å². The number of pyridine rings is 1. The van der Waals surface area contributed by atoms with Gasteiger partial charge in [0.15, 0.2) is 11.6 Å². The van der Waals surface area contributed by atoms with Crippen LogP contribution < -0.4 is 10.5 Å². The van der Waals surface area contributed by atoms with Crippen molar-refractivity contribution in [2.24, 2.45) is 5.92 Å². The van der Waals surface area contributed by atoms with Gasteiger partial charge in [-0.05, 0) is 24.5 Å². The number of hydrogen-bond acceptors (Lipinski definition) is 3. The average Bonchev–Trinajstić information content (AvgIpc) is 2.33. The van der Waals surface area contributed by atoms with E-state index in [0.29, 0.717) is 5.82 Å². The van der Waals surface area contributed by atoms with Crippen molar-refractivity contribution in [1.82, 2.24) is 4.98 Å². The van der Waals surface area contributed by atoms with Crippen molar-refractivity contribution in [2.45, 2.75) is 38.5 Å². The van der Waals surface area contributed by atoms with E-state index in [9.17, 15) is 0 Å². The van der Waals surface area contributed by atoms with E-state index in [1.807, 2.05) is 12.1 Å². The summed E-state index contributed by atoms with van der Waals surface area (Å²) in [6, 6.07) is 3.73. The Labute approximate surface area is 97.0 Å². The molecule has 1 saturated carbocycles. The molecule has 2 N–H and O–H groups in total. The molecule has 0 spiro atoms. The van der Waals surface area contributed by atoms with Crippen molar-refractivity contribution >= 4 is 5.82 Å². The molecule has 88 valence electrons. The van der Waals surface area contributed by atoms with Crippen LogP contribution in [0.4, 0.5) is 5.82 Å². The predicted molar refractivity (Wildman–Crippen MR) is 65.3 cm³/mol. The number of nitrogens with zero attached hydrogens (tertiary/aromatic N) is 1. The zero-order valence-electron chi connectivity index (χ0n) is 9.69. The highest BCUT2D eigenvalue weighted by molar-refractivity contribution is 5.44. The maximum absolute atomic E-state index is 5.70. The monoisotopic (exact) mass is 220 g/mol. The molecule has 1 aliphatic rings. The van der Waals surface area contributed by atoms with Crippen LogP contribution in [0.25, 0.3) is 0 Å². The molecule has 1 aromatic heterocycles. The standard InChI is InChI=1S/C13H20N2O/c14-13-12(7-4-9-15-13)16-10-8-11-5-2-1-3-6-11/h4,7,9,11H,1-3,5-6,8,10H2,(H2,14,15). The number of rotatable bonds is 4. The summed E-state index contributed by atoms with van der Waals surface area (Å²) in [5.74, 6) is 2.07. The number of aromatic nitrogens is 1. The summed E-state index contributed by atoms with van der Waals surface area (Å²) < 4.78 is 5.65. The molecule has 0 radical (unpaired) electrons. The number of nitrogen functional groups attached to an aromatic ring is 1. The molecular formula is C13H20N2O. The Morgan fingerprint density at radius 3 is 2.88 bits per heavy atom. The molecule has 1 aromatic rings. The van der Waals surface area contributed by atoms with Crippen molar-refractivity contribution in [3.63, 3.8) is 0 Å². The van der Waals surface area contributed by atoms with Crippen LogP contribution in [0.15, 0.2) is 18.3 Å². The van der Waals surface area contributed by atoms with Gasteiger partial charge in [-0.2, -0.15) is 0 Å². The van der Waals surface area contributed by atoms with Gasteiger partial charge in [0.05, 0.1) is 6.61 Å². The zero-order valence-corrected chi connectivity index (χ0v) is 9.69. The molecule has 0 amide bonds. The van der Waals surface area contributed by atoms with Gasteiger partial charge in [-0.25, -0.2) is 4.98 Å². The van der Waals surface area contributed by atoms with E-state index < -0.39 is 0 Å². The Morgan fingerprint density at radius 2 is 2.12 bits per heavy atom. The van der Waals surface area contributed by atoms with Crippen LogP contribution in [0.3, 0.4) is 0 Å². The molecule has 3 heteroatoms. The first-order valence-electron chi connectivity index (χ1n) is 6.19. The molecule has 0 atom stereocenters. The van der Waals surface area contributed by atoms with E-state index in [4.69, 9.17) is 10.5 Å². The molecule has 1 fully saturated rings. The van der Waals surface area contributed by atoms with E-state index >= 15 is 0 Å². The first-order chi connectivity index (χ1) is 7.86. The van der Waals surface area contributed by atoms with Crippen molar-refractivity contribution in [3.8, 4) is 5.75 Å². The van der Waals surface area contributed by atoms with Gasteiger partial charge in [0, 0.05) is 6.20 Å². The normalized spacial score (nSPS) is 17.2. The van der Waals surface area contributed by atoms with Gasteiger partial charge >= 0.3 is 0 Å². The highest BCUT2D eigenvalue weighted by atomic mass is 16.5. The average molecular weight is 220 g/mol. The largest absolute Gasteiger partial charge is 0.490 e. The van der Waals surface area contributed by atoms with Crippen LogP contribution in [-0.2, 0) is 0 Å². The third-order valence-electron chi connectivity index (χ3n) is 3.31. The maximum Gasteiger partial charge on any atom is 0.166 e. The van der Waals surface area contributed by atoms with Crippen LogP contribution in [0, 0.1) is 5.92 Å². The topological polar surface area (TPSA) is 48.1 Å². The van der Waals surface area contributed by atoms with Crippen LogP contribution in [0.1, 0.15) is 38.5 Å². The second-order valence-corrected chi connectivity index (χ2v) is 4.53. The van der Waals surface area contributed by atoms with Crippen LogP contribution in [0.2, 0.25) is 0 Å². The first kappa shape index (κ1) is 11.2. The van der Waals surface area contributed by atoms with Crippen molar-refractivity contribution in [3.05, 3.63) is 18.3 Å². The lowest BCUT2D eigenvalue weighted by atomic mass is 9.87. The summed E-state index contributed by atoms with van der Waals surface area (Å²) in [6.07, 6.45) is 9.75. The Balaban J connectivity index is 1.73. The fourth-order valence-corrected chi connectivity index (χ4v) is 2.34. The number of anilines is 1. The highest BCUT2D eigenvalue weighted by Gasteiger charge is 2.13. The molecule has 3 nitrogen and oxygen atoms in total. The quantitative estimate of drug-likeness (QED) is 0.848. The minimum Gasteiger partial charge on any atom is -0.490 e. The van der Waals surface area contributed by atoms with Gasteiger partial charge in [0.25, 0.3) is 0 Å². The molecule has 2 rings (SSSR count). The molecule has 0 aromatic carbocycles. The van der Waals surface area contributed by atoms with E-state index in [0.717, 1.165) is 24.7 Å². The van der Waals surface area contributed by atoms with E-state index in [-0.39, 0.29) is 0 Å².